The molecule has 1 aromatic heterocycles. The largest absolute Gasteiger partial charge is 0.398 e. The van der Waals surface area contributed by atoms with Gasteiger partial charge in [0.25, 0.3) is 0 Å². The lowest BCUT2D eigenvalue weighted by atomic mass is 10.00. The monoisotopic (exact) mass is 203 g/mol. The summed E-state index contributed by atoms with van der Waals surface area (Å²) in [4.78, 5) is 0. The summed E-state index contributed by atoms with van der Waals surface area (Å²) in [6.45, 7) is 4.22. The van der Waals surface area contributed by atoms with Crippen molar-refractivity contribution in [1.29, 1.82) is 0 Å². The van der Waals surface area contributed by atoms with Gasteiger partial charge < -0.3 is 5.73 Å². The average molecular weight is 203 g/mol. The van der Waals surface area contributed by atoms with E-state index in [9.17, 15) is 0 Å². The normalized spacial score (nSPS) is 10.4. The number of nitrogens with two attached hydrogens (primary N) is 1. The number of thiophene rings is 1. The van der Waals surface area contributed by atoms with E-state index in [4.69, 9.17) is 5.73 Å². The smallest absolute Gasteiger partial charge is 0.0502 e. The molecular weight excluding hydrogens is 190 g/mol. The zero-order chi connectivity index (χ0) is 10.1. The first-order valence-corrected chi connectivity index (χ1v) is 5.52. The molecule has 1 nitrogen and oxygen atoms in total. The molecule has 0 aliphatic heterocycles. The fraction of sp³-hybridized carbons (Fsp3) is 0.167. The summed E-state index contributed by atoms with van der Waals surface area (Å²) >= 11 is 1.65. The maximum Gasteiger partial charge on any atom is 0.0502 e. The minimum Gasteiger partial charge on any atom is -0.398 e. The Morgan fingerprint density at radius 3 is 2.50 bits per heavy atom. The van der Waals surface area contributed by atoms with Gasteiger partial charge in [0.2, 0.25) is 0 Å². The molecule has 72 valence electrons. The lowest BCUT2D eigenvalue weighted by Gasteiger charge is -2.06. The summed E-state index contributed by atoms with van der Waals surface area (Å²) in [5, 5.41) is 4.09. The second-order valence-electron chi connectivity index (χ2n) is 3.56. The van der Waals surface area contributed by atoms with Crippen LogP contribution in [-0.4, -0.2) is 0 Å². The number of aryl methyl sites for hydroxylation is 2. The Bertz CT molecular complexity index is 457. The number of hydrogen-bond acceptors (Lipinski definition) is 2. The van der Waals surface area contributed by atoms with Gasteiger partial charge in [0.15, 0.2) is 0 Å². The van der Waals surface area contributed by atoms with E-state index in [1.165, 1.54) is 16.7 Å². The van der Waals surface area contributed by atoms with Crippen molar-refractivity contribution in [2.45, 2.75) is 13.8 Å². The van der Waals surface area contributed by atoms with Crippen LogP contribution in [0.4, 0.5) is 5.69 Å². The highest BCUT2D eigenvalue weighted by molar-refractivity contribution is 7.08. The summed E-state index contributed by atoms with van der Waals surface area (Å²) in [6.07, 6.45) is 0. The molecule has 14 heavy (non-hydrogen) atoms. The quantitative estimate of drug-likeness (QED) is 0.752. The van der Waals surface area contributed by atoms with E-state index in [1.54, 1.807) is 11.3 Å². The topological polar surface area (TPSA) is 26.0 Å². The van der Waals surface area contributed by atoms with Crippen LogP contribution in [0, 0.1) is 13.8 Å². The molecule has 2 aromatic rings. The highest BCUT2D eigenvalue weighted by Crippen LogP contribution is 2.32. The number of rotatable bonds is 1. The predicted octanol–water partition coefficient (Wildman–Crippen LogP) is 3.61. The van der Waals surface area contributed by atoms with Gasteiger partial charge in [0, 0.05) is 16.3 Å². The molecule has 1 heterocycles. The Morgan fingerprint density at radius 2 is 1.86 bits per heavy atom. The first kappa shape index (κ1) is 9.28. The summed E-state index contributed by atoms with van der Waals surface area (Å²) < 4.78 is 0. The van der Waals surface area contributed by atoms with Crippen molar-refractivity contribution in [3.05, 3.63) is 40.1 Å². The van der Waals surface area contributed by atoms with Gasteiger partial charge >= 0.3 is 0 Å². The van der Waals surface area contributed by atoms with Gasteiger partial charge in [0.05, 0.1) is 5.69 Å². The van der Waals surface area contributed by atoms with Gasteiger partial charge in [-0.1, -0.05) is 23.8 Å². The van der Waals surface area contributed by atoms with Crippen LogP contribution in [0.3, 0.4) is 0 Å². The molecule has 0 aliphatic carbocycles. The molecule has 2 rings (SSSR count). The Hall–Kier alpha value is -1.28. The molecule has 0 aliphatic rings. The molecule has 2 heteroatoms. The van der Waals surface area contributed by atoms with Crippen molar-refractivity contribution in [1.82, 2.24) is 0 Å². The summed E-state index contributed by atoms with van der Waals surface area (Å²) in [6, 6.07) is 6.46. The van der Waals surface area contributed by atoms with E-state index >= 15 is 0 Å². The van der Waals surface area contributed by atoms with E-state index in [0.717, 1.165) is 11.3 Å². The summed E-state index contributed by atoms with van der Waals surface area (Å²) in [7, 11) is 0. The van der Waals surface area contributed by atoms with Gasteiger partial charge in [-0.05, 0) is 25.0 Å². The number of nitrogen functional groups attached to an aromatic ring is 1. The Morgan fingerprint density at radius 1 is 1.07 bits per heavy atom. The van der Waals surface area contributed by atoms with Crippen molar-refractivity contribution in [2.24, 2.45) is 0 Å². The SMILES string of the molecule is Cc1ccc(C)c(-c2cscc2N)c1. The Balaban J connectivity index is 2.62. The van der Waals surface area contributed by atoms with Gasteiger partial charge in [-0.2, -0.15) is 0 Å². The zero-order valence-corrected chi connectivity index (χ0v) is 9.19. The van der Waals surface area contributed by atoms with Crippen LogP contribution in [0.1, 0.15) is 11.1 Å². The van der Waals surface area contributed by atoms with Crippen LogP contribution in [0.5, 0.6) is 0 Å². The number of anilines is 1. The van der Waals surface area contributed by atoms with E-state index < -0.39 is 0 Å². The molecule has 1 aromatic carbocycles. The van der Waals surface area contributed by atoms with E-state index in [2.05, 4.69) is 37.4 Å². The second-order valence-corrected chi connectivity index (χ2v) is 4.30. The Kier molecular flexibility index (Phi) is 2.30. The Labute approximate surface area is 88.2 Å². The minimum atomic E-state index is 0.878. The molecule has 0 radical (unpaired) electrons. The standard InChI is InChI=1S/C12H13NS/c1-8-3-4-9(2)10(5-8)11-6-14-7-12(11)13/h3-7H,13H2,1-2H3. The van der Waals surface area contributed by atoms with Crippen LogP contribution in [0.25, 0.3) is 11.1 Å². The molecule has 2 N–H and O–H groups in total. The van der Waals surface area contributed by atoms with Crippen molar-refractivity contribution in [3.8, 4) is 11.1 Å². The maximum atomic E-state index is 5.90. The lowest BCUT2D eigenvalue weighted by molar-refractivity contribution is 1.40. The molecule has 0 unspecified atom stereocenters. The highest BCUT2D eigenvalue weighted by Gasteiger charge is 2.06. The van der Waals surface area contributed by atoms with E-state index in [1.807, 2.05) is 5.38 Å². The highest BCUT2D eigenvalue weighted by atomic mass is 32.1. The molecule has 0 spiro atoms. The molecule has 0 atom stereocenters. The van der Waals surface area contributed by atoms with Gasteiger partial charge in [-0.3, -0.25) is 0 Å². The fourth-order valence-electron chi connectivity index (χ4n) is 1.55. The van der Waals surface area contributed by atoms with Crippen LogP contribution in [-0.2, 0) is 0 Å². The van der Waals surface area contributed by atoms with Crippen molar-refractivity contribution in [3.63, 3.8) is 0 Å². The summed E-state index contributed by atoms with van der Waals surface area (Å²) in [5.74, 6) is 0. The third-order valence-corrected chi connectivity index (χ3v) is 3.14. The van der Waals surface area contributed by atoms with Gasteiger partial charge in [0.1, 0.15) is 0 Å². The second kappa shape index (κ2) is 3.46. The van der Waals surface area contributed by atoms with Crippen LogP contribution in [0.2, 0.25) is 0 Å². The van der Waals surface area contributed by atoms with Gasteiger partial charge in [-0.15, -0.1) is 11.3 Å². The van der Waals surface area contributed by atoms with Crippen molar-refractivity contribution < 1.29 is 0 Å². The molecule has 0 fully saturated rings. The van der Waals surface area contributed by atoms with E-state index in [-0.39, 0.29) is 0 Å². The molecule has 0 bridgehead atoms. The third kappa shape index (κ3) is 1.53. The maximum absolute atomic E-state index is 5.90. The van der Waals surface area contributed by atoms with Crippen LogP contribution in [0.15, 0.2) is 29.0 Å². The summed E-state index contributed by atoms with van der Waals surface area (Å²) in [5.41, 5.74) is 11.7. The first-order chi connectivity index (χ1) is 6.68. The van der Waals surface area contributed by atoms with Crippen molar-refractivity contribution >= 4 is 17.0 Å². The van der Waals surface area contributed by atoms with E-state index in [0.29, 0.717) is 0 Å². The number of hydrogen-bond donors (Lipinski definition) is 1. The zero-order valence-electron chi connectivity index (χ0n) is 8.37. The van der Waals surface area contributed by atoms with Crippen LogP contribution >= 0.6 is 11.3 Å². The van der Waals surface area contributed by atoms with Gasteiger partial charge in [-0.25, -0.2) is 0 Å². The fourth-order valence-corrected chi connectivity index (χ4v) is 2.29. The number of benzene rings is 1. The molecule has 0 amide bonds. The molecule has 0 saturated heterocycles. The van der Waals surface area contributed by atoms with Crippen LogP contribution < -0.4 is 5.73 Å². The third-order valence-electron chi connectivity index (χ3n) is 2.38. The minimum absolute atomic E-state index is 0.878. The average Bonchev–Trinajstić information content (AvgIpc) is 2.56. The first-order valence-electron chi connectivity index (χ1n) is 4.58. The lowest BCUT2D eigenvalue weighted by Crippen LogP contribution is -1.88. The molecular formula is C12H13NS. The molecule has 0 saturated carbocycles. The predicted molar refractivity (Wildman–Crippen MR) is 63.6 cm³/mol. The van der Waals surface area contributed by atoms with Crippen molar-refractivity contribution in [2.75, 3.05) is 5.73 Å².